The van der Waals surface area contributed by atoms with Gasteiger partial charge in [0.1, 0.15) is 11.6 Å². The summed E-state index contributed by atoms with van der Waals surface area (Å²) in [6.07, 6.45) is 0. The monoisotopic (exact) mass is 262 g/mol. The average Bonchev–Trinajstić information content (AvgIpc) is 2.32. The second-order valence-electron chi connectivity index (χ2n) is 4.44. The molecule has 0 amide bonds. The lowest BCUT2D eigenvalue weighted by Crippen LogP contribution is -2.03. The maximum atomic E-state index is 13.9. The van der Waals surface area contributed by atoms with E-state index in [1.54, 1.807) is 13.0 Å². The smallest absolute Gasteiger partial charge is 0.336 e. The lowest BCUT2D eigenvalue weighted by Gasteiger charge is -2.10. The molecule has 0 heterocycles. The van der Waals surface area contributed by atoms with Gasteiger partial charge in [0, 0.05) is 5.56 Å². The molecule has 0 bridgehead atoms. The highest BCUT2D eigenvalue weighted by molar-refractivity contribution is 5.96. The number of hydrogen-bond acceptors (Lipinski definition) is 1. The first-order chi connectivity index (χ1) is 8.90. The summed E-state index contributed by atoms with van der Waals surface area (Å²) in [7, 11) is 0. The molecule has 0 fully saturated rings. The van der Waals surface area contributed by atoms with Crippen LogP contribution < -0.4 is 0 Å². The van der Waals surface area contributed by atoms with Crippen LogP contribution in [-0.2, 0) is 0 Å². The first-order valence-electron chi connectivity index (χ1n) is 5.70. The number of aryl methyl sites for hydroxylation is 2. The summed E-state index contributed by atoms with van der Waals surface area (Å²) in [5.74, 6) is -2.42. The summed E-state index contributed by atoms with van der Waals surface area (Å²) in [6, 6.07) is 6.78. The minimum absolute atomic E-state index is 0.158. The standard InChI is InChI=1S/C15H12F2O2/c1-8-3-4-10(14(17)5-8)11-6-9(2)13(16)7-12(11)15(18)19/h3-7H,1-2H3,(H,18,19). The Labute approximate surface area is 109 Å². The van der Waals surface area contributed by atoms with E-state index in [2.05, 4.69) is 0 Å². The van der Waals surface area contributed by atoms with Crippen molar-refractivity contribution in [2.45, 2.75) is 13.8 Å². The quantitative estimate of drug-likeness (QED) is 0.889. The minimum Gasteiger partial charge on any atom is -0.478 e. The summed E-state index contributed by atoms with van der Waals surface area (Å²) in [5.41, 5.74) is 1.11. The van der Waals surface area contributed by atoms with Crippen molar-refractivity contribution in [1.82, 2.24) is 0 Å². The molecule has 4 heteroatoms. The summed E-state index contributed by atoms with van der Waals surface area (Å²) >= 11 is 0. The number of carboxylic acids is 1. The third kappa shape index (κ3) is 2.47. The van der Waals surface area contributed by atoms with Crippen LogP contribution in [0.25, 0.3) is 11.1 Å². The van der Waals surface area contributed by atoms with Gasteiger partial charge in [-0.15, -0.1) is 0 Å². The highest BCUT2D eigenvalue weighted by atomic mass is 19.1. The van der Waals surface area contributed by atoms with Crippen molar-refractivity contribution >= 4 is 5.97 Å². The van der Waals surface area contributed by atoms with Crippen molar-refractivity contribution in [2.24, 2.45) is 0 Å². The van der Waals surface area contributed by atoms with Crippen molar-refractivity contribution in [3.63, 3.8) is 0 Å². The predicted octanol–water partition coefficient (Wildman–Crippen LogP) is 3.95. The maximum absolute atomic E-state index is 13.9. The van der Waals surface area contributed by atoms with E-state index < -0.39 is 17.6 Å². The third-order valence-electron chi connectivity index (χ3n) is 2.94. The van der Waals surface area contributed by atoms with Gasteiger partial charge in [0.15, 0.2) is 0 Å². The van der Waals surface area contributed by atoms with Crippen LogP contribution in [0.5, 0.6) is 0 Å². The topological polar surface area (TPSA) is 37.3 Å². The predicted molar refractivity (Wildman–Crippen MR) is 68.2 cm³/mol. The van der Waals surface area contributed by atoms with E-state index in [-0.39, 0.29) is 22.3 Å². The Hall–Kier alpha value is -2.23. The number of hydrogen-bond donors (Lipinski definition) is 1. The van der Waals surface area contributed by atoms with Crippen LogP contribution in [0.4, 0.5) is 8.78 Å². The molecule has 2 aromatic carbocycles. The zero-order chi connectivity index (χ0) is 14.2. The van der Waals surface area contributed by atoms with Crippen LogP contribution in [0.1, 0.15) is 21.5 Å². The Bertz CT molecular complexity index is 663. The lowest BCUT2D eigenvalue weighted by atomic mass is 9.96. The van der Waals surface area contributed by atoms with Crippen LogP contribution in [0.2, 0.25) is 0 Å². The van der Waals surface area contributed by atoms with Gasteiger partial charge in [0.05, 0.1) is 5.56 Å². The molecular weight excluding hydrogens is 250 g/mol. The largest absolute Gasteiger partial charge is 0.478 e. The third-order valence-corrected chi connectivity index (χ3v) is 2.94. The van der Waals surface area contributed by atoms with Crippen molar-refractivity contribution < 1.29 is 18.7 Å². The molecule has 0 saturated heterocycles. The van der Waals surface area contributed by atoms with E-state index in [0.717, 1.165) is 11.6 Å². The van der Waals surface area contributed by atoms with Crippen molar-refractivity contribution in [3.05, 3.63) is 58.7 Å². The molecular formula is C15H12F2O2. The first kappa shape index (κ1) is 13.2. The maximum Gasteiger partial charge on any atom is 0.336 e. The van der Waals surface area contributed by atoms with E-state index in [1.807, 2.05) is 0 Å². The number of carbonyl (C=O) groups is 1. The molecule has 0 aliphatic rings. The molecule has 2 rings (SSSR count). The zero-order valence-electron chi connectivity index (χ0n) is 10.5. The van der Waals surface area contributed by atoms with Gasteiger partial charge in [-0.05, 0) is 48.7 Å². The molecule has 0 atom stereocenters. The molecule has 0 aliphatic heterocycles. The minimum atomic E-state index is -1.28. The Morgan fingerprint density at radius 1 is 1.00 bits per heavy atom. The molecule has 0 spiro atoms. The number of carboxylic acid groups (broad SMARTS) is 1. The van der Waals surface area contributed by atoms with Gasteiger partial charge in [0.25, 0.3) is 0 Å². The van der Waals surface area contributed by atoms with Crippen LogP contribution >= 0.6 is 0 Å². The number of rotatable bonds is 2. The van der Waals surface area contributed by atoms with Crippen LogP contribution in [0.3, 0.4) is 0 Å². The molecule has 0 aromatic heterocycles. The normalized spacial score (nSPS) is 10.5. The van der Waals surface area contributed by atoms with E-state index in [0.29, 0.717) is 0 Å². The Kier molecular flexibility index (Phi) is 3.34. The summed E-state index contributed by atoms with van der Waals surface area (Å²) < 4.78 is 27.4. The molecule has 0 saturated carbocycles. The van der Waals surface area contributed by atoms with Crippen LogP contribution in [-0.4, -0.2) is 11.1 Å². The molecule has 0 radical (unpaired) electrons. The number of halogens is 2. The van der Waals surface area contributed by atoms with Crippen molar-refractivity contribution in [2.75, 3.05) is 0 Å². The van der Waals surface area contributed by atoms with E-state index in [1.165, 1.54) is 25.1 Å². The molecule has 2 nitrogen and oxygen atoms in total. The first-order valence-corrected chi connectivity index (χ1v) is 5.70. The zero-order valence-corrected chi connectivity index (χ0v) is 10.5. The van der Waals surface area contributed by atoms with Gasteiger partial charge in [-0.1, -0.05) is 12.1 Å². The van der Waals surface area contributed by atoms with Crippen molar-refractivity contribution in [1.29, 1.82) is 0 Å². The van der Waals surface area contributed by atoms with Crippen LogP contribution in [0.15, 0.2) is 30.3 Å². The van der Waals surface area contributed by atoms with Crippen LogP contribution in [0, 0.1) is 25.5 Å². The van der Waals surface area contributed by atoms with Gasteiger partial charge in [0.2, 0.25) is 0 Å². The van der Waals surface area contributed by atoms with E-state index in [4.69, 9.17) is 5.11 Å². The molecule has 2 aromatic rings. The molecule has 19 heavy (non-hydrogen) atoms. The fraction of sp³-hybridized carbons (Fsp3) is 0.133. The summed E-state index contributed by atoms with van der Waals surface area (Å²) in [6.45, 7) is 3.25. The number of benzene rings is 2. The van der Waals surface area contributed by atoms with E-state index >= 15 is 0 Å². The fourth-order valence-corrected chi connectivity index (χ4v) is 1.92. The highest BCUT2D eigenvalue weighted by Crippen LogP contribution is 2.29. The van der Waals surface area contributed by atoms with Gasteiger partial charge in [-0.2, -0.15) is 0 Å². The van der Waals surface area contributed by atoms with Gasteiger partial charge >= 0.3 is 5.97 Å². The second kappa shape index (κ2) is 4.80. The summed E-state index contributed by atoms with van der Waals surface area (Å²) in [5, 5.41) is 9.10. The number of aromatic carboxylic acids is 1. The Morgan fingerprint density at radius 2 is 1.68 bits per heavy atom. The Balaban J connectivity index is 2.73. The Morgan fingerprint density at radius 3 is 2.26 bits per heavy atom. The van der Waals surface area contributed by atoms with Gasteiger partial charge in [-0.25, -0.2) is 13.6 Å². The fourth-order valence-electron chi connectivity index (χ4n) is 1.92. The van der Waals surface area contributed by atoms with Gasteiger partial charge in [-0.3, -0.25) is 0 Å². The SMILES string of the molecule is Cc1ccc(-c2cc(C)c(F)cc2C(=O)O)c(F)c1. The molecule has 0 aliphatic carbocycles. The van der Waals surface area contributed by atoms with Gasteiger partial charge < -0.3 is 5.11 Å². The molecule has 98 valence electrons. The lowest BCUT2D eigenvalue weighted by molar-refractivity contribution is 0.0697. The van der Waals surface area contributed by atoms with Crippen molar-refractivity contribution in [3.8, 4) is 11.1 Å². The molecule has 1 N–H and O–H groups in total. The summed E-state index contributed by atoms with van der Waals surface area (Å²) in [4.78, 5) is 11.1. The average molecular weight is 262 g/mol. The molecule has 0 unspecified atom stereocenters. The van der Waals surface area contributed by atoms with E-state index in [9.17, 15) is 13.6 Å². The second-order valence-corrected chi connectivity index (χ2v) is 4.44. The highest BCUT2D eigenvalue weighted by Gasteiger charge is 2.17.